The molecule has 1 rings (SSSR count). The van der Waals surface area contributed by atoms with E-state index in [1.54, 1.807) is 26.3 Å². The Bertz CT molecular complexity index is 506. The van der Waals surface area contributed by atoms with Crippen LogP contribution in [0, 0.1) is 5.82 Å². The third kappa shape index (κ3) is 12.3. The molecule has 1 aromatic carbocycles. The van der Waals surface area contributed by atoms with Gasteiger partial charge in [-0.3, -0.25) is 4.99 Å². The number of benzene rings is 1. The van der Waals surface area contributed by atoms with Gasteiger partial charge in [0.1, 0.15) is 17.7 Å². The molecule has 0 aliphatic carbocycles. The molecule has 1 atom stereocenters. The number of ether oxygens (including phenoxy) is 3. The van der Waals surface area contributed by atoms with Crippen LogP contribution in [0.1, 0.15) is 19.8 Å². The third-order valence-corrected chi connectivity index (χ3v) is 3.35. The fourth-order valence-electron chi connectivity index (χ4n) is 2.06. The average Bonchev–Trinajstić information content (AvgIpc) is 2.60. The number of unbranched alkanes of at least 4 members (excludes halogenated alkanes) is 1. The lowest BCUT2D eigenvalue weighted by atomic mass is 10.3. The molecule has 150 valence electrons. The van der Waals surface area contributed by atoms with E-state index in [4.69, 9.17) is 14.2 Å². The smallest absolute Gasteiger partial charge is 0.191 e. The van der Waals surface area contributed by atoms with Crippen molar-refractivity contribution in [2.24, 2.45) is 4.99 Å². The van der Waals surface area contributed by atoms with Gasteiger partial charge in [0.15, 0.2) is 5.96 Å². The standard InChI is InChI=1S/C18H30FN3O3.HI/c1-15(25-17-8-6-7-16(19)13-17)14-22-18(20-2)21-9-4-5-10-24-12-11-23-3;/h6-8,13,15H,4-5,9-12,14H2,1-3H3,(H2,20,21,22);1H. The van der Waals surface area contributed by atoms with Crippen LogP contribution >= 0.6 is 24.0 Å². The van der Waals surface area contributed by atoms with Gasteiger partial charge in [-0.2, -0.15) is 0 Å². The Morgan fingerprint density at radius 2 is 2.00 bits per heavy atom. The summed E-state index contributed by atoms with van der Waals surface area (Å²) < 4.78 is 29.1. The van der Waals surface area contributed by atoms with Gasteiger partial charge in [-0.15, -0.1) is 24.0 Å². The van der Waals surface area contributed by atoms with Crippen molar-refractivity contribution >= 4 is 29.9 Å². The molecular formula is C18H31FIN3O3. The summed E-state index contributed by atoms with van der Waals surface area (Å²) in [5.74, 6) is 0.932. The second-order valence-electron chi connectivity index (χ2n) is 5.58. The molecule has 8 heteroatoms. The van der Waals surface area contributed by atoms with Crippen LogP contribution in [0.5, 0.6) is 5.75 Å². The molecule has 0 spiro atoms. The summed E-state index contributed by atoms with van der Waals surface area (Å²) in [6.45, 7) is 5.29. The molecule has 0 heterocycles. The first-order valence-corrected chi connectivity index (χ1v) is 8.59. The maximum Gasteiger partial charge on any atom is 0.191 e. The molecule has 0 amide bonds. The quantitative estimate of drug-likeness (QED) is 0.207. The van der Waals surface area contributed by atoms with Gasteiger partial charge in [0.25, 0.3) is 0 Å². The van der Waals surface area contributed by atoms with E-state index in [0.29, 0.717) is 25.5 Å². The number of hydrogen-bond donors (Lipinski definition) is 2. The Labute approximate surface area is 172 Å². The van der Waals surface area contributed by atoms with Crippen LogP contribution < -0.4 is 15.4 Å². The van der Waals surface area contributed by atoms with Crippen molar-refractivity contribution in [2.45, 2.75) is 25.9 Å². The predicted octanol–water partition coefficient (Wildman–Crippen LogP) is 2.82. The van der Waals surface area contributed by atoms with Crippen LogP contribution in [-0.4, -0.2) is 59.1 Å². The SMILES string of the molecule is CN=C(NCCCCOCCOC)NCC(C)Oc1cccc(F)c1.I. The number of methoxy groups -OCH3 is 1. The van der Waals surface area contributed by atoms with Crippen LogP contribution in [0.15, 0.2) is 29.3 Å². The van der Waals surface area contributed by atoms with E-state index < -0.39 is 0 Å². The summed E-state index contributed by atoms with van der Waals surface area (Å²) in [7, 11) is 3.39. The first-order valence-electron chi connectivity index (χ1n) is 8.59. The number of rotatable bonds is 12. The Kier molecular flexibility index (Phi) is 15.4. The topological polar surface area (TPSA) is 64.1 Å². The lowest BCUT2D eigenvalue weighted by Crippen LogP contribution is -2.42. The van der Waals surface area contributed by atoms with Gasteiger partial charge in [-0.25, -0.2) is 4.39 Å². The summed E-state index contributed by atoms with van der Waals surface area (Å²) in [5.41, 5.74) is 0. The van der Waals surface area contributed by atoms with Gasteiger partial charge in [0.05, 0.1) is 19.8 Å². The molecule has 6 nitrogen and oxygen atoms in total. The number of nitrogens with one attached hydrogen (secondary N) is 2. The second-order valence-corrected chi connectivity index (χ2v) is 5.58. The van der Waals surface area contributed by atoms with E-state index in [0.717, 1.165) is 32.0 Å². The number of aliphatic imine (C=N–C) groups is 1. The Balaban J connectivity index is 0.00000625. The van der Waals surface area contributed by atoms with Crippen molar-refractivity contribution in [3.8, 4) is 5.75 Å². The van der Waals surface area contributed by atoms with E-state index in [1.807, 2.05) is 6.92 Å². The lowest BCUT2D eigenvalue weighted by molar-refractivity contribution is 0.0689. The van der Waals surface area contributed by atoms with E-state index in [1.165, 1.54) is 12.1 Å². The molecule has 26 heavy (non-hydrogen) atoms. The van der Waals surface area contributed by atoms with Crippen molar-refractivity contribution in [1.82, 2.24) is 10.6 Å². The molecule has 2 N–H and O–H groups in total. The fourth-order valence-corrected chi connectivity index (χ4v) is 2.06. The second kappa shape index (κ2) is 16.1. The summed E-state index contributed by atoms with van der Waals surface area (Å²) in [6.07, 6.45) is 1.85. The van der Waals surface area contributed by atoms with Crippen LogP contribution in [0.2, 0.25) is 0 Å². The molecular weight excluding hydrogens is 452 g/mol. The van der Waals surface area contributed by atoms with Crippen molar-refractivity contribution < 1.29 is 18.6 Å². The highest BCUT2D eigenvalue weighted by Gasteiger charge is 2.06. The first kappa shape index (κ1) is 24.9. The first-order chi connectivity index (χ1) is 12.2. The molecule has 0 saturated heterocycles. The highest BCUT2D eigenvalue weighted by Crippen LogP contribution is 2.13. The minimum absolute atomic E-state index is 0. The molecule has 1 unspecified atom stereocenters. The maximum atomic E-state index is 13.1. The van der Waals surface area contributed by atoms with Gasteiger partial charge in [0, 0.05) is 33.4 Å². The van der Waals surface area contributed by atoms with E-state index in [-0.39, 0.29) is 35.9 Å². The Morgan fingerprint density at radius 1 is 1.19 bits per heavy atom. The van der Waals surface area contributed by atoms with Crippen LogP contribution in [0.3, 0.4) is 0 Å². The summed E-state index contributed by atoms with van der Waals surface area (Å²) in [6, 6.07) is 6.13. The van der Waals surface area contributed by atoms with E-state index in [9.17, 15) is 4.39 Å². The third-order valence-electron chi connectivity index (χ3n) is 3.35. The molecule has 1 aromatic rings. The van der Waals surface area contributed by atoms with Crippen LogP contribution in [-0.2, 0) is 9.47 Å². The van der Waals surface area contributed by atoms with Gasteiger partial charge in [-0.05, 0) is 31.9 Å². The van der Waals surface area contributed by atoms with Crippen molar-refractivity contribution in [3.63, 3.8) is 0 Å². The average molecular weight is 483 g/mol. The number of halogens is 2. The van der Waals surface area contributed by atoms with Gasteiger partial charge in [0.2, 0.25) is 0 Å². The van der Waals surface area contributed by atoms with Crippen LogP contribution in [0.25, 0.3) is 0 Å². The highest BCUT2D eigenvalue weighted by atomic mass is 127. The normalized spacial score (nSPS) is 12.2. The molecule has 0 aliphatic heterocycles. The molecule has 0 saturated carbocycles. The van der Waals surface area contributed by atoms with Gasteiger partial charge < -0.3 is 24.8 Å². The zero-order chi connectivity index (χ0) is 18.3. The van der Waals surface area contributed by atoms with E-state index >= 15 is 0 Å². The maximum absolute atomic E-state index is 13.1. The molecule has 0 radical (unpaired) electrons. The minimum Gasteiger partial charge on any atom is -0.489 e. The fraction of sp³-hybridized carbons (Fsp3) is 0.611. The van der Waals surface area contributed by atoms with E-state index in [2.05, 4.69) is 15.6 Å². The lowest BCUT2D eigenvalue weighted by Gasteiger charge is -2.17. The van der Waals surface area contributed by atoms with Crippen molar-refractivity contribution in [2.75, 3.05) is 47.1 Å². The zero-order valence-corrected chi connectivity index (χ0v) is 18.1. The molecule has 0 aliphatic rings. The number of hydrogen-bond acceptors (Lipinski definition) is 4. The van der Waals surface area contributed by atoms with Gasteiger partial charge in [-0.1, -0.05) is 6.07 Å². The number of guanidine groups is 1. The monoisotopic (exact) mass is 483 g/mol. The van der Waals surface area contributed by atoms with Gasteiger partial charge >= 0.3 is 0 Å². The van der Waals surface area contributed by atoms with Crippen molar-refractivity contribution in [1.29, 1.82) is 0 Å². The number of nitrogens with zero attached hydrogens (tertiary/aromatic N) is 1. The zero-order valence-electron chi connectivity index (χ0n) is 15.8. The molecule has 0 fully saturated rings. The minimum atomic E-state index is -0.304. The van der Waals surface area contributed by atoms with Crippen molar-refractivity contribution in [3.05, 3.63) is 30.1 Å². The molecule has 0 aromatic heterocycles. The van der Waals surface area contributed by atoms with Crippen LogP contribution in [0.4, 0.5) is 4.39 Å². The largest absolute Gasteiger partial charge is 0.489 e. The Hall–Kier alpha value is -1.13. The summed E-state index contributed by atoms with van der Waals surface area (Å²) in [4.78, 5) is 4.17. The molecule has 0 bridgehead atoms. The predicted molar refractivity (Wildman–Crippen MR) is 113 cm³/mol. The highest BCUT2D eigenvalue weighted by molar-refractivity contribution is 14.0. The summed E-state index contributed by atoms with van der Waals surface area (Å²) >= 11 is 0. The summed E-state index contributed by atoms with van der Waals surface area (Å²) in [5, 5.41) is 6.44. The Morgan fingerprint density at radius 3 is 2.69 bits per heavy atom.